The quantitative estimate of drug-likeness (QED) is 0.0167. The van der Waals surface area contributed by atoms with Crippen molar-refractivity contribution in [3.63, 3.8) is 0 Å². The number of nitrogens with two attached hydrogens (primary N) is 1. The predicted octanol–water partition coefficient (Wildman–Crippen LogP) is 6.71. The summed E-state index contributed by atoms with van der Waals surface area (Å²) in [5.41, 5.74) is 2.19. The molecule has 0 bridgehead atoms. The number of nitrogen functional groups attached to an aromatic ring is 1. The number of ether oxygens (including phenoxy) is 3. The maximum Gasteiger partial charge on any atom is 0.472 e. The normalized spacial score (nSPS) is 24.7. The number of aliphatic imine (C=N–C) groups is 1. The van der Waals surface area contributed by atoms with Gasteiger partial charge in [0.05, 0.1) is 30.2 Å². The number of phosphoric acid groups is 1. The van der Waals surface area contributed by atoms with E-state index in [1.807, 2.05) is 12.1 Å². The Kier molecular flexibility index (Phi) is 18.1. The maximum atomic E-state index is 13.1. The molecule has 1 aliphatic carbocycles. The number of rotatable bonds is 29. The molecule has 2 aromatic rings. The summed E-state index contributed by atoms with van der Waals surface area (Å²) in [7, 11) is -4.90. The van der Waals surface area contributed by atoms with E-state index in [1.165, 1.54) is 112 Å². The average Bonchev–Trinajstić information content (AvgIpc) is 3.43. The molecule has 5 N–H and O–H groups in total. The van der Waals surface area contributed by atoms with Gasteiger partial charge in [0.25, 0.3) is 0 Å². The number of anilines is 1. The second-order valence-corrected chi connectivity index (χ2v) is 16.3. The van der Waals surface area contributed by atoms with E-state index in [-0.39, 0.29) is 23.7 Å². The zero-order valence-electron chi connectivity index (χ0n) is 33.3. The van der Waals surface area contributed by atoms with Gasteiger partial charge in [-0.1, -0.05) is 103 Å². The number of hydrogen-bond acceptors (Lipinski definition) is 14. The van der Waals surface area contributed by atoms with Gasteiger partial charge in [-0.15, -0.1) is 0 Å². The van der Waals surface area contributed by atoms with Crippen LogP contribution in [0.2, 0.25) is 0 Å². The molecule has 2 fully saturated rings. The number of nitriles is 2. The number of aliphatic hydroxyl groups is 2. The largest absolute Gasteiger partial charge is 0.490 e. The Morgan fingerprint density at radius 1 is 1.07 bits per heavy atom. The van der Waals surface area contributed by atoms with Crippen molar-refractivity contribution in [2.24, 2.45) is 4.99 Å². The van der Waals surface area contributed by atoms with Crippen LogP contribution in [0, 0.1) is 22.7 Å². The lowest BCUT2D eigenvalue weighted by molar-refractivity contribution is -0.106. The molecule has 2 aromatic heterocycles. The standard InChI is InChI=1S/C40H60N7O9P/c1-4-5-6-7-8-9-10-11-12-13-14-15-16-17-18-19-22-52-26-32(54-30(2)23-31(24-41)25-44-3)27-53-57(50,51)56-36-35-40(36,49)38(48)39(28-42,55-35)34-21-20-33-37(43)45-29-46-47(33)34/h20-21,23,25,29,32,35-36,38,48-49H,3-19,22,26-27H2,1-2H3,(H,50,51)(H2,43,45,46)/b30-23+,31-25+/t32-,35-,36?,38+,39+,40+/m1/s1. The highest BCUT2D eigenvalue weighted by Crippen LogP contribution is 2.63. The highest BCUT2D eigenvalue weighted by molar-refractivity contribution is 7.47. The first-order valence-electron chi connectivity index (χ1n) is 20.2. The average molecular weight is 814 g/mol. The first-order valence-corrected chi connectivity index (χ1v) is 21.7. The van der Waals surface area contributed by atoms with Gasteiger partial charge in [0.2, 0.25) is 5.60 Å². The summed E-state index contributed by atoms with van der Waals surface area (Å²) in [5.74, 6) is 0.412. The van der Waals surface area contributed by atoms with Crippen LogP contribution >= 0.6 is 7.82 Å². The van der Waals surface area contributed by atoms with Crippen molar-refractivity contribution in [1.82, 2.24) is 14.6 Å². The molecule has 1 saturated carbocycles. The molecule has 16 nitrogen and oxygen atoms in total. The third kappa shape index (κ3) is 12.4. The van der Waals surface area contributed by atoms with E-state index in [0.717, 1.165) is 25.6 Å². The Morgan fingerprint density at radius 3 is 2.23 bits per heavy atom. The summed E-state index contributed by atoms with van der Waals surface area (Å²) < 4.78 is 42.6. The molecule has 7 atom stereocenters. The van der Waals surface area contributed by atoms with Crippen molar-refractivity contribution in [3.05, 3.63) is 47.8 Å². The molecule has 2 unspecified atom stereocenters. The number of aliphatic hydroxyl groups excluding tert-OH is 1. The first-order chi connectivity index (χ1) is 27.5. The molecule has 0 amide bonds. The molecule has 1 saturated heterocycles. The fraction of sp³-hybridized carbons (Fsp3) is 0.675. The van der Waals surface area contributed by atoms with Gasteiger partial charge in [-0.2, -0.15) is 15.6 Å². The van der Waals surface area contributed by atoms with Crippen LogP contribution in [0.3, 0.4) is 0 Å². The van der Waals surface area contributed by atoms with Crippen molar-refractivity contribution in [3.8, 4) is 12.1 Å². The molecule has 0 radical (unpaired) electrons. The lowest BCUT2D eigenvalue weighted by atomic mass is 9.90. The second-order valence-electron chi connectivity index (χ2n) is 14.9. The van der Waals surface area contributed by atoms with Crippen LogP contribution in [0.4, 0.5) is 5.82 Å². The van der Waals surface area contributed by atoms with Gasteiger partial charge in [-0.05, 0) is 38.3 Å². The fourth-order valence-electron chi connectivity index (χ4n) is 7.25. The Hall–Kier alpha value is -3.70. The highest BCUT2D eigenvalue weighted by atomic mass is 31.2. The van der Waals surface area contributed by atoms with Crippen LogP contribution < -0.4 is 5.73 Å². The SMILES string of the molecule is C=N/C=C(C#N)\C=C(/C)O[C@H](COCCCCCCCCCCCCCCCCCC)COP(=O)(O)OC1[C@H]2O[C@@](C#N)(c3ccc4c(N)ncnn34)[C@H](O)[C@@]12O. The molecule has 3 heterocycles. The minimum absolute atomic E-state index is 0.00290. The lowest BCUT2D eigenvalue weighted by Gasteiger charge is -2.29. The Labute approximate surface area is 335 Å². The molecule has 4 rings (SSSR count). The van der Waals surface area contributed by atoms with Crippen molar-refractivity contribution in [2.75, 3.05) is 25.6 Å². The third-order valence-corrected chi connectivity index (χ3v) is 11.4. The van der Waals surface area contributed by atoms with Crippen LogP contribution in [0.5, 0.6) is 0 Å². The monoisotopic (exact) mass is 813 g/mol. The van der Waals surface area contributed by atoms with E-state index in [2.05, 4.69) is 28.7 Å². The summed E-state index contributed by atoms with van der Waals surface area (Å²) in [4.78, 5) is 18.2. The zero-order chi connectivity index (χ0) is 41.3. The number of allylic oxidation sites excluding steroid dienone is 3. The summed E-state index contributed by atoms with van der Waals surface area (Å²) in [5, 5.41) is 46.1. The Morgan fingerprint density at radius 2 is 1.68 bits per heavy atom. The van der Waals surface area contributed by atoms with Gasteiger partial charge < -0.3 is 35.1 Å². The van der Waals surface area contributed by atoms with E-state index in [1.54, 1.807) is 6.92 Å². The van der Waals surface area contributed by atoms with Crippen LogP contribution in [-0.4, -0.2) is 86.3 Å². The highest BCUT2D eigenvalue weighted by Gasteiger charge is 2.83. The van der Waals surface area contributed by atoms with Gasteiger partial charge in [-0.25, -0.2) is 14.1 Å². The van der Waals surface area contributed by atoms with Crippen LogP contribution in [0.1, 0.15) is 122 Å². The van der Waals surface area contributed by atoms with Crippen LogP contribution in [0.15, 0.2) is 47.1 Å². The zero-order valence-corrected chi connectivity index (χ0v) is 34.2. The number of nitrogens with zero attached hydrogens (tertiary/aromatic N) is 6. The molecule has 0 aromatic carbocycles. The number of aromatic nitrogens is 3. The third-order valence-electron chi connectivity index (χ3n) is 10.4. The predicted molar refractivity (Wildman–Crippen MR) is 213 cm³/mol. The molecule has 314 valence electrons. The van der Waals surface area contributed by atoms with E-state index in [0.29, 0.717) is 17.9 Å². The van der Waals surface area contributed by atoms with Crippen LogP contribution in [-0.2, 0) is 33.4 Å². The van der Waals surface area contributed by atoms with Crippen LogP contribution in [0.25, 0.3) is 5.52 Å². The van der Waals surface area contributed by atoms with Gasteiger partial charge in [0.1, 0.15) is 48.4 Å². The molecule has 0 spiro atoms. The number of fused-ring (bicyclic) bond motifs is 2. The maximum absolute atomic E-state index is 13.1. The minimum Gasteiger partial charge on any atom is -0.490 e. The summed E-state index contributed by atoms with van der Waals surface area (Å²) in [6, 6.07) is 6.87. The Balaban J connectivity index is 1.21. The number of hydrogen-bond donors (Lipinski definition) is 4. The van der Waals surface area contributed by atoms with Crippen molar-refractivity contribution in [2.45, 2.75) is 152 Å². The molecule has 2 aliphatic rings. The number of unbranched alkanes of at least 4 members (excludes halogenated alkanes) is 15. The molecule has 17 heteroatoms. The smallest absolute Gasteiger partial charge is 0.472 e. The molecular weight excluding hydrogens is 753 g/mol. The van der Waals surface area contributed by atoms with Crippen molar-refractivity contribution in [1.29, 1.82) is 10.5 Å². The van der Waals surface area contributed by atoms with E-state index < -0.39 is 50.0 Å². The van der Waals surface area contributed by atoms with Gasteiger partial charge in [0.15, 0.2) is 11.4 Å². The van der Waals surface area contributed by atoms with Gasteiger partial charge >= 0.3 is 7.82 Å². The van der Waals surface area contributed by atoms with Gasteiger partial charge in [0, 0.05) is 12.8 Å². The van der Waals surface area contributed by atoms with Crippen molar-refractivity contribution < 1.29 is 42.9 Å². The van der Waals surface area contributed by atoms with E-state index in [4.69, 9.17) is 29.0 Å². The lowest BCUT2D eigenvalue weighted by Crippen LogP contribution is -2.47. The summed E-state index contributed by atoms with van der Waals surface area (Å²) in [6.45, 7) is 7.18. The minimum atomic E-state index is -4.90. The molecule has 1 aliphatic heterocycles. The second kappa shape index (κ2) is 22.4. The first kappa shape index (κ1) is 46.0. The Bertz CT molecular complexity index is 1790. The molecular formula is C40H60N7O9P. The summed E-state index contributed by atoms with van der Waals surface area (Å²) >= 11 is 0. The fourth-order valence-corrected chi connectivity index (χ4v) is 8.24. The molecule has 57 heavy (non-hydrogen) atoms. The van der Waals surface area contributed by atoms with E-state index >= 15 is 0 Å². The number of phosphoric ester groups is 1. The summed E-state index contributed by atoms with van der Waals surface area (Å²) in [6.07, 6.45) is 18.3. The van der Waals surface area contributed by atoms with E-state index in [9.17, 15) is 30.2 Å². The van der Waals surface area contributed by atoms with Crippen molar-refractivity contribution >= 4 is 25.9 Å². The topological polar surface area (TPSA) is 240 Å². The van der Waals surface area contributed by atoms with Gasteiger partial charge in [-0.3, -0.25) is 14.0 Å².